The van der Waals surface area contributed by atoms with Crippen molar-refractivity contribution in [1.82, 2.24) is 0 Å². The molecule has 0 radical (unpaired) electrons. The largest absolute Gasteiger partial charge is 0.286 e. The van der Waals surface area contributed by atoms with Crippen LogP contribution >= 0.6 is 15.9 Å². The molecule has 0 unspecified atom stereocenters. The van der Waals surface area contributed by atoms with Crippen LogP contribution < -0.4 is 4.57 Å². The second-order valence-electron chi connectivity index (χ2n) is 2.90. The van der Waals surface area contributed by atoms with E-state index in [1.54, 1.807) is 0 Å². The molecule has 0 fully saturated rings. The first-order valence-corrected chi connectivity index (χ1v) is 6.47. The Labute approximate surface area is 91.5 Å². The van der Waals surface area contributed by atoms with Crippen molar-refractivity contribution in [3.8, 4) is 0 Å². The topological polar surface area (TPSA) is 58.3 Å². The van der Waals surface area contributed by atoms with Crippen LogP contribution in [0, 0.1) is 0 Å². The highest BCUT2D eigenvalue weighted by molar-refractivity contribution is 9.10. The fraction of sp³-hybridized carbons (Fsp3) is 0.375. The van der Waals surface area contributed by atoms with E-state index in [1.807, 2.05) is 29.1 Å². The maximum absolute atomic E-state index is 10.4. The predicted molar refractivity (Wildman–Crippen MR) is 55.4 cm³/mol. The first-order chi connectivity index (χ1) is 6.47. The molecule has 78 valence electrons. The van der Waals surface area contributed by atoms with Crippen molar-refractivity contribution in [2.45, 2.75) is 13.0 Å². The van der Waals surface area contributed by atoms with Crippen molar-refractivity contribution >= 4 is 26.0 Å². The molecule has 0 aromatic carbocycles. The first-order valence-electron chi connectivity index (χ1n) is 4.07. The monoisotopic (exact) mass is 280 g/mol. The summed E-state index contributed by atoms with van der Waals surface area (Å²) in [7, 11) is -3.83. The fourth-order valence-electron chi connectivity index (χ4n) is 1.06. The smallest absolute Gasteiger partial charge is 0.265 e. The van der Waals surface area contributed by atoms with E-state index in [-0.39, 0.29) is 5.75 Å². The van der Waals surface area contributed by atoms with Crippen LogP contribution in [0.3, 0.4) is 0 Å². The average Bonchev–Trinajstić information content (AvgIpc) is 2.01. The molecule has 1 rings (SSSR count). The fourth-order valence-corrected chi connectivity index (χ4v) is 1.97. The second-order valence-corrected chi connectivity index (χ2v) is 5.39. The highest BCUT2D eigenvalue weighted by atomic mass is 79.9. The van der Waals surface area contributed by atoms with Crippen LogP contribution in [0.5, 0.6) is 0 Å². The Kier molecular flexibility index (Phi) is 4.03. The van der Waals surface area contributed by atoms with Gasteiger partial charge in [0.05, 0.1) is 10.2 Å². The zero-order valence-corrected chi connectivity index (χ0v) is 9.83. The van der Waals surface area contributed by atoms with Crippen molar-refractivity contribution in [2.75, 3.05) is 5.75 Å². The van der Waals surface area contributed by atoms with Gasteiger partial charge in [0.2, 0.25) is 0 Å². The van der Waals surface area contributed by atoms with Crippen LogP contribution in [0.25, 0.3) is 0 Å². The highest BCUT2D eigenvalue weighted by Gasteiger charge is 2.07. The van der Waals surface area contributed by atoms with Crippen LogP contribution in [0.15, 0.2) is 29.0 Å². The zero-order chi connectivity index (χ0) is 10.6. The molecule has 1 aromatic rings. The quantitative estimate of drug-likeness (QED) is 0.662. The molecule has 0 saturated heterocycles. The zero-order valence-electron chi connectivity index (χ0n) is 7.43. The highest BCUT2D eigenvalue weighted by Crippen LogP contribution is 2.03. The van der Waals surface area contributed by atoms with Gasteiger partial charge in [-0.2, -0.15) is 8.42 Å². The summed E-state index contributed by atoms with van der Waals surface area (Å²) in [6, 6.07) is 3.75. The summed E-state index contributed by atoms with van der Waals surface area (Å²) in [6.07, 6.45) is 4.10. The Morgan fingerprint density at radius 1 is 1.50 bits per heavy atom. The van der Waals surface area contributed by atoms with Crippen LogP contribution in [-0.4, -0.2) is 18.7 Å². The van der Waals surface area contributed by atoms with Gasteiger partial charge in [-0.15, -0.1) is 0 Å². The van der Waals surface area contributed by atoms with E-state index < -0.39 is 10.1 Å². The molecule has 0 aliphatic carbocycles. The van der Waals surface area contributed by atoms with E-state index in [1.165, 1.54) is 0 Å². The van der Waals surface area contributed by atoms with E-state index in [0.29, 0.717) is 13.0 Å². The van der Waals surface area contributed by atoms with Crippen LogP contribution in [0.2, 0.25) is 0 Å². The third kappa shape index (κ3) is 4.69. The van der Waals surface area contributed by atoms with Crippen molar-refractivity contribution in [3.05, 3.63) is 29.0 Å². The lowest BCUT2D eigenvalue weighted by atomic mass is 10.4. The van der Waals surface area contributed by atoms with Crippen molar-refractivity contribution < 1.29 is 17.5 Å². The van der Waals surface area contributed by atoms with Gasteiger partial charge in [-0.05, 0) is 22.0 Å². The van der Waals surface area contributed by atoms with Gasteiger partial charge in [0, 0.05) is 12.5 Å². The maximum Gasteiger partial charge on any atom is 0.265 e. The Hall–Kier alpha value is -0.460. The lowest BCUT2D eigenvalue weighted by molar-refractivity contribution is -0.697. The normalized spacial score (nSPS) is 11.6. The molecule has 0 spiro atoms. The molecular formula is C8H11BrNO3S+. The predicted octanol–water partition coefficient (Wildman–Crippen LogP) is 1.01. The molecule has 6 heteroatoms. The van der Waals surface area contributed by atoms with Gasteiger partial charge in [0.25, 0.3) is 10.1 Å². The van der Waals surface area contributed by atoms with Crippen molar-refractivity contribution in [2.24, 2.45) is 0 Å². The number of hydrogen-bond acceptors (Lipinski definition) is 2. The molecular weight excluding hydrogens is 270 g/mol. The minimum Gasteiger partial charge on any atom is -0.286 e. The van der Waals surface area contributed by atoms with Gasteiger partial charge in [0.1, 0.15) is 6.54 Å². The van der Waals surface area contributed by atoms with Gasteiger partial charge in [-0.25, -0.2) is 4.57 Å². The van der Waals surface area contributed by atoms with E-state index >= 15 is 0 Å². The molecule has 0 atom stereocenters. The lowest BCUT2D eigenvalue weighted by Gasteiger charge is -1.96. The number of halogens is 1. The van der Waals surface area contributed by atoms with Gasteiger partial charge in [0.15, 0.2) is 12.4 Å². The lowest BCUT2D eigenvalue weighted by Crippen LogP contribution is -2.33. The molecule has 0 bridgehead atoms. The number of pyridine rings is 1. The molecule has 0 amide bonds. The SMILES string of the molecule is O=S(=O)(O)CCC[n+]1cccc(Br)c1. The maximum atomic E-state index is 10.4. The van der Waals surface area contributed by atoms with Crippen LogP contribution in [0.4, 0.5) is 0 Å². The number of nitrogens with zero attached hydrogens (tertiary/aromatic N) is 1. The molecule has 0 aliphatic rings. The van der Waals surface area contributed by atoms with Gasteiger partial charge < -0.3 is 0 Å². The molecule has 4 nitrogen and oxygen atoms in total. The van der Waals surface area contributed by atoms with E-state index in [9.17, 15) is 8.42 Å². The van der Waals surface area contributed by atoms with Gasteiger partial charge >= 0.3 is 0 Å². The van der Waals surface area contributed by atoms with Crippen molar-refractivity contribution in [1.29, 1.82) is 0 Å². The minimum absolute atomic E-state index is 0.202. The number of rotatable bonds is 4. The summed E-state index contributed by atoms with van der Waals surface area (Å²) in [5.41, 5.74) is 0. The summed E-state index contributed by atoms with van der Waals surface area (Å²) in [5.74, 6) is -0.202. The summed E-state index contributed by atoms with van der Waals surface area (Å²) in [5, 5.41) is 0. The second kappa shape index (κ2) is 4.86. The Balaban J connectivity index is 2.47. The van der Waals surface area contributed by atoms with Crippen LogP contribution in [-0.2, 0) is 16.7 Å². The molecule has 0 aliphatic heterocycles. The summed E-state index contributed by atoms with van der Waals surface area (Å²) in [6.45, 7) is 0.569. The van der Waals surface area contributed by atoms with Crippen LogP contribution in [0.1, 0.15) is 6.42 Å². The number of aryl methyl sites for hydroxylation is 1. The Bertz CT molecular complexity index is 405. The Morgan fingerprint density at radius 2 is 2.21 bits per heavy atom. The van der Waals surface area contributed by atoms with Gasteiger partial charge in [-0.3, -0.25) is 4.55 Å². The first kappa shape index (κ1) is 11.6. The molecule has 1 aromatic heterocycles. The van der Waals surface area contributed by atoms with E-state index in [4.69, 9.17) is 4.55 Å². The molecule has 0 saturated carbocycles. The minimum atomic E-state index is -3.83. The van der Waals surface area contributed by atoms with Crippen molar-refractivity contribution in [3.63, 3.8) is 0 Å². The third-order valence-electron chi connectivity index (χ3n) is 1.64. The van der Waals surface area contributed by atoms with Gasteiger partial charge in [-0.1, -0.05) is 0 Å². The third-order valence-corrected chi connectivity index (χ3v) is 2.91. The summed E-state index contributed by atoms with van der Waals surface area (Å²) in [4.78, 5) is 0. The summed E-state index contributed by atoms with van der Waals surface area (Å²) < 4.78 is 32.1. The number of hydrogen-bond donors (Lipinski definition) is 1. The average molecular weight is 281 g/mol. The standard InChI is InChI=1S/C8H10BrNO3S/c9-8-3-1-4-10(7-8)5-2-6-14(11,12)13/h1,3-4,7H,2,5-6H2/p+1. The Morgan fingerprint density at radius 3 is 2.79 bits per heavy atom. The number of aromatic nitrogens is 1. The van der Waals surface area contributed by atoms with E-state index in [2.05, 4.69) is 15.9 Å². The molecule has 1 heterocycles. The molecule has 14 heavy (non-hydrogen) atoms. The molecule has 1 N–H and O–H groups in total. The summed E-state index contributed by atoms with van der Waals surface area (Å²) >= 11 is 3.31. The van der Waals surface area contributed by atoms with E-state index in [0.717, 1.165) is 4.47 Å².